The molecule has 1 unspecified atom stereocenters. The van der Waals surface area contributed by atoms with Gasteiger partial charge in [0.2, 0.25) is 5.91 Å². The number of hydrogen-bond donors (Lipinski definition) is 2. The molecule has 1 aromatic carbocycles. The highest BCUT2D eigenvalue weighted by Gasteiger charge is 2.21. The molecule has 0 spiro atoms. The third-order valence-corrected chi connectivity index (χ3v) is 5.05. The van der Waals surface area contributed by atoms with Crippen LogP contribution in [0.1, 0.15) is 44.2 Å². The average molecular weight is 343 g/mol. The van der Waals surface area contributed by atoms with E-state index in [9.17, 15) is 4.79 Å². The topological polar surface area (TPSA) is 41.1 Å². The number of amides is 1. The van der Waals surface area contributed by atoms with Crippen LogP contribution in [0.15, 0.2) is 18.2 Å². The normalized spacial score (nSPS) is 17.9. The van der Waals surface area contributed by atoms with Crippen LogP contribution in [0.25, 0.3) is 0 Å². The summed E-state index contributed by atoms with van der Waals surface area (Å²) in [5, 5.41) is 7.01. The summed E-state index contributed by atoms with van der Waals surface area (Å²) in [6.07, 6.45) is 3.24. The Labute approximate surface area is 144 Å². The second kappa shape index (κ2) is 9.43. The highest BCUT2D eigenvalue weighted by Crippen LogP contribution is 2.25. The van der Waals surface area contributed by atoms with Crippen molar-refractivity contribution in [2.45, 2.75) is 57.1 Å². The van der Waals surface area contributed by atoms with Crippen molar-refractivity contribution in [1.82, 2.24) is 5.32 Å². The molecule has 0 aliphatic carbocycles. The van der Waals surface area contributed by atoms with Crippen LogP contribution in [0.2, 0.25) is 0 Å². The summed E-state index contributed by atoms with van der Waals surface area (Å²) in [4.78, 5) is 12.3. The van der Waals surface area contributed by atoms with E-state index in [4.69, 9.17) is 0 Å². The van der Waals surface area contributed by atoms with Crippen LogP contribution < -0.4 is 10.6 Å². The lowest BCUT2D eigenvalue weighted by atomic mass is 10.0. The van der Waals surface area contributed by atoms with Crippen molar-refractivity contribution in [1.29, 1.82) is 0 Å². The van der Waals surface area contributed by atoms with Gasteiger partial charge in [0.05, 0.1) is 6.04 Å². The van der Waals surface area contributed by atoms with Gasteiger partial charge in [-0.25, -0.2) is 0 Å². The van der Waals surface area contributed by atoms with Gasteiger partial charge in [0.25, 0.3) is 0 Å². The SMILES string of the molecule is Cc1c(CSC(C)C)cccc1NC(=O)C1CCCCN1.Cl. The zero-order chi connectivity index (χ0) is 15.2. The van der Waals surface area contributed by atoms with Crippen molar-refractivity contribution >= 4 is 35.8 Å². The Morgan fingerprint density at radius 1 is 1.41 bits per heavy atom. The number of hydrogen-bond acceptors (Lipinski definition) is 3. The van der Waals surface area contributed by atoms with Crippen LogP contribution in [0.4, 0.5) is 5.69 Å². The maximum Gasteiger partial charge on any atom is 0.241 e. The van der Waals surface area contributed by atoms with Gasteiger partial charge in [-0.15, -0.1) is 12.4 Å². The summed E-state index contributed by atoms with van der Waals surface area (Å²) < 4.78 is 0. The van der Waals surface area contributed by atoms with E-state index in [0.29, 0.717) is 5.25 Å². The van der Waals surface area contributed by atoms with Gasteiger partial charge in [0.1, 0.15) is 0 Å². The van der Waals surface area contributed by atoms with Crippen molar-refractivity contribution in [2.24, 2.45) is 0 Å². The molecule has 124 valence electrons. The fourth-order valence-corrected chi connectivity index (χ4v) is 3.35. The van der Waals surface area contributed by atoms with E-state index in [-0.39, 0.29) is 24.4 Å². The molecule has 0 saturated carbocycles. The molecule has 1 saturated heterocycles. The highest BCUT2D eigenvalue weighted by molar-refractivity contribution is 7.99. The van der Waals surface area contributed by atoms with E-state index < -0.39 is 0 Å². The first kappa shape index (κ1) is 19.3. The fraction of sp³-hybridized carbons (Fsp3) is 0.588. The lowest BCUT2D eigenvalue weighted by molar-refractivity contribution is -0.118. The smallest absolute Gasteiger partial charge is 0.241 e. The molecular weight excluding hydrogens is 316 g/mol. The lowest BCUT2D eigenvalue weighted by Gasteiger charge is -2.23. The number of halogens is 1. The largest absolute Gasteiger partial charge is 0.324 e. The Bertz CT molecular complexity index is 488. The number of nitrogens with one attached hydrogen (secondary N) is 2. The van der Waals surface area contributed by atoms with Gasteiger partial charge < -0.3 is 10.6 Å². The molecule has 2 N–H and O–H groups in total. The number of carbonyl (C=O) groups excluding carboxylic acids is 1. The first-order valence-electron chi connectivity index (χ1n) is 7.82. The molecule has 1 amide bonds. The van der Waals surface area contributed by atoms with Crippen molar-refractivity contribution in [2.75, 3.05) is 11.9 Å². The third-order valence-electron chi connectivity index (χ3n) is 3.90. The molecule has 1 aliphatic heterocycles. The van der Waals surface area contributed by atoms with E-state index >= 15 is 0 Å². The number of thioether (sulfide) groups is 1. The molecule has 2 rings (SSSR count). The fourth-order valence-electron chi connectivity index (χ4n) is 2.53. The van der Waals surface area contributed by atoms with Gasteiger partial charge in [-0.05, 0) is 48.8 Å². The number of rotatable bonds is 5. The summed E-state index contributed by atoms with van der Waals surface area (Å²) >= 11 is 1.93. The zero-order valence-corrected chi connectivity index (χ0v) is 15.3. The Morgan fingerprint density at radius 2 is 2.18 bits per heavy atom. The predicted molar refractivity (Wildman–Crippen MR) is 99.1 cm³/mol. The van der Waals surface area contributed by atoms with E-state index in [1.165, 1.54) is 17.5 Å². The predicted octanol–water partition coefficient (Wildman–Crippen LogP) is 4.14. The maximum atomic E-state index is 12.3. The van der Waals surface area contributed by atoms with Crippen molar-refractivity contribution in [3.63, 3.8) is 0 Å². The third kappa shape index (κ3) is 5.49. The molecule has 1 aromatic rings. The number of benzene rings is 1. The van der Waals surface area contributed by atoms with E-state index in [0.717, 1.165) is 30.8 Å². The Morgan fingerprint density at radius 3 is 2.82 bits per heavy atom. The van der Waals surface area contributed by atoms with Crippen LogP contribution in [0.5, 0.6) is 0 Å². The molecule has 0 radical (unpaired) electrons. The van der Waals surface area contributed by atoms with E-state index in [2.05, 4.69) is 37.5 Å². The van der Waals surface area contributed by atoms with Crippen molar-refractivity contribution in [3.05, 3.63) is 29.3 Å². The lowest BCUT2D eigenvalue weighted by Crippen LogP contribution is -2.43. The monoisotopic (exact) mass is 342 g/mol. The molecule has 3 nitrogen and oxygen atoms in total. The summed E-state index contributed by atoms with van der Waals surface area (Å²) in [5.41, 5.74) is 3.45. The van der Waals surface area contributed by atoms with Gasteiger partial charge in [-0.1, -0.05) is 32.4 Å². The Hall–Kier alpha value is -0.710. The molecule has 1 aliphatic rings. The summed E-state index contributed by atoms with van der Waals surface area (Å²) in [5.74, 6) is 1.10. The average Bonchev–Trinajstić information content (AvgIpc) is 2.49. The maximum absolute atomic E-state index is 12.3. The number of carbonyl (C=O) groups is 1. The standard InChI is InChI=1S/C17H26N2OS.ClH/c1-12(2)21-11-14-7-6-9-15(13(14)3)19-17(20)16-8-4-5-10-18-16;/h6-7,9,12,16,18H,4-5,8,10-11H2,1-3H3,(H,19,20);1H. The minimum atomic E-state index is -0.0353. The van der Waals surface area contributed by atoms with E-state index in [1.807, 2.05) is 23.9 Å². The summed E-state index contributed by atoms with van der Waals surface area (Å²) in [7, 11) is 0. The molecule has 5 heteroatoms. The number of anilines is 1. The second-order valence-electron chi connectivity index (χ2n) is 5.94. The van der Waals surface area contributed by atoms with Gasteiger partial charge >= 0.3 is 0 Å². The first-order valence-corrected chi connectivity index (χ1v) is 8.87. The Balaban J connectivity index is 0.00000242. The highest BCUT2D eigenvalue weighted by atomic mass is 35.5. The number of piperidine rings is 1. The molecule has 22 heavy (non-hydrogen) atoms. The van der Waals surface area contributed by atoms with Gasteiger partial charge in [-0.2, -0.15) is 11.8 Å². The molecule has 0 aromatic heterocycles. The van der Waals surface area contributed by atoms with Crippen molar-refractivity contribution in [3.8, 4) is 0 Å². The van der Waals surface area contributed by atoms with Gasteiger partial charge in [0.15, 0.2) is 0 Å². The van der Waals surface area contributed by atoms with Crippen LogP contribution in [0, 0.1) is 6.92 Å². The van der Waals surface area contributed by atoms with E-state index in [1.54, 1.807) is 0 Å². The molecule has 1 fully saturated rings. The zero-order valence-electron chi connectivity index (χ0n) is 13.6. The quantitative estimate of drug-likeness (QED) is 0.845. The van der Waals surface area contributed by atoms with Crippen LogP contribution in [-0.4, -0.2) is 23.7 Å². The van der Waals surface area contributed by atoms with Crippen molar-refractivity contribution < 1.29 is 4.79 Å². The van der Waals surface area contributed by atoms with Crippen LogP contribution in [-0.2, 0) is 10.5 Å². The van der Waals surface area contributed by atoms with Crippen LogP contribution >= 0.6 is 24.2 Å². The van der Waals surface area contributed by atoms with Gasteiger partial charge in [-0.3, -0.25) is 4.79 Å². The molecular formula is C17H27ClN2OS. The summed E-state index contributed by atoms with van der Waals surface area (Å²) in [6.45, 7) is 7.46. The molecule has 1 atom stereocenters. The molecule has 0 bridgehead atoms. The minimum Gasteiger partial charge on any atom is -0.324 e. The summed E-state index contributed by atoms with van der Waals surface area (Å²) in [6, 6.07) is 6.15. The Kier molecular flexibility index (Phi) is 8.29. The van der Waals surface area contributed by atoms with Crippen LogP contribution in [0.3, 0.4) is 0 Å². The minimum absolute atomic E-state index is 0. The molecule has 1 heterocycles. The second-order valence-corrected chi connectivity index (χ2v) is 7.51. The first-order chi connectivity index (χ1) is 10.1. The van der Waals surface area contributed by atoms with Gasteiger partial charge in [0, 0.05) is 11.4 Å².